The molecule has 2 amide bonds. The number of benzene rings is 6. The normalized spacial score (nSPS) is 11.5. The number of rotatable bonds is 9. The summed E-state index contributed by atoms with van der Waals surface area (Å²) in [5.74, 6) is -2.78. The van der Waals surface area contributed by atoms with Crippen LogP contribution in [-0.2, 0) is 11.2 Å². The van der Waals surface area contributed by atoms with E-state index in [4.69, 9.17) is 11.6 Å². The molecular weight excluding hydrogens is 615 g/mol. The standard InChI is InChI=1S/C39H28ClFN2O4/c40-33-22-31(18-19-34(33)41)27-12-10-24(11-13-27)20-36(39(46)47)43-38(45)32-21-29-8-4-5-9-30(29)23-35(32)42-37(44)28-16-14-26(15-17-28)25-6-2-1-3-7-25/h1-19,21-23,36H,20H2,(H,42,44)(H,43,45)(H,46,47). The zero-order valence-corrected chi connectivity index (χ0v) is 25.7. The van der Waals surface area contributed by atoms with Gasteiger partial charge in [-0.3, -0.25) is 9.59 Å². The molecule has 0 aliphatic rings. The van der Waals surface area contributed by atoms with Crippen molar-refractivity contribution >= 4 is 45.8 Å². The second-order valence-electron chi connectivity index (χ2n) is 11.0. The van der Waals surface area contributed by atoms with Gasteiger partial charge in [-0.25, -0.2) is 9.18 Å². The van der Waals surface area contributed by atoms with Gasteiger partial charge in [0.25, 0.3) is 11.8 Å². The molecule has 1 atom stereocenters. The van der Waals surface area contributed by atoms with E-state index in [0.29, 0.717) is 16.7 Å². The van der Waals surface area contributed by atoms with Crippen LogP contribution in [0.3, 0.4) is 0 Å². The summed E-state index contributed by atoms with van der Waals surface area (Å²) in [5, 5.41) is 17.1. The van der Waals surface area contributed by atoms with Crippen molar-refractivity contribution in [3.63, 3.8) is 0 Å². The summed E-state index contributed by atoms with van der Waals surface area (Å²) < 4.78 is 13.6. The van der Waals surface area contributed by atoms with Crippen LogP contribution in [0.4, 0.5) is 10.1 Å². The van der Waals surface area contributed by atoms with Gasteiger partial charge in [-0.05, 0) is 75.0 Å². The van der Waals surface area contributed by atoms with Gasteiger partial charge in [-0.15, -0.1) is 0 Å². The Balaban J connectivity index is 1.22. The molecule has 0 aliphatic heterocycles. The molecule has 232 valence electrons. The van der Waals surface area contributed by atoms with E-state index >= 15 is 0 Å². The molecule has 0 aliphatic carbocycles. The lowest BCUT2D eigenvalue weighted by Crippen LogP contribution is -2.42. The lowest BCUT2D eigenvalue weighted by molar-refractivity contribution is -0.139. The molecule has 0 fully saturated rings. The third-order valence-electron chi connectivity index (χ3n) is 7.88. The first-order chi connectivity index (χ1) is 22.7. The number of halogens is 2. The van der Waals surface area contributed by atoms with Crippen LogP contribution in [0.15, 0.2) is 133 Å². The summed E-state index contributed by atoms with van der Waals surface area (Å²) >= 11 is 5.92. The Bertz CT molecular complexity index is 2100. The molecule has 0 aromatic heterocycles. The van der Waals surface area contributed by atoms with Crippen LogP contribution in [0, 0.1) is 5.82 Å². The maximum atomic E-state index is 13.7. The molecule has 0 saturated heterocycles. The summed E-state index contributed by atoms with van der Waals surface area (Å²) in [6.45, 7) is 0. The molecule has 6 aromatic carbocycles. The van der Waals surface area contributed by atoms with Crippen molar-refractivity contribution in [2.75, 3.05) is 5.32 Å². The van der Waals surface area contributed by atoms with Crippen molar-refractivity contribution in [1.29, 1.82) is 0 Å². The molecule has 8 heteroatoms. The molecular formula is C39H28ClFN2O4. The number of hydrogen-bond acceptors (Lipinski definition) is 3. The van der Waals surface area contributed by atoms with Crippen LogP contribution in [0.25, 0.3) is 33.0 Å². The Kier molecular flexibility index (Phi) is 9.09. The zero-order valence-electron chi connectivity index (χ0n) is 24.9. The van der Waals surface area contributed by atoms with E-state index in [2.05, 4.69) is 10.6 Å². The molecule has 6 aromatic rings. The Morgan fingerprint density at radius 1 is 0.660 bits per heavy atom. The number of carbonyl (C=O) groups is 3. The fourth-order valence-electron chi connectivity index (χ4n) is 5.35. The van der Waals surface area contributed by atoms with Crippen LogP contribution >= 0.6 is 11.6 Å². The Hall–Kier alpha value is -5.79. The first kappa shape index (κ1) is 31.2. The Morgan fingerprint density at radius 3 is 1.89 bits per heavy atom. The SMILES string of the molecule is O=C(Nc1cc2ccccc2cc1C(=O)NC(Cc1ccc(-c2ccc(F)c(Cl)c2)cc1)C(=O)O)c1ccc(-c2ccccc2)cc1. The summed E-state index contributed by atoms with van der Waals surface area (Å²) in [6.07, 6.45) is 0.00850. The van der Waals surface area contributed by atoms with Crippen molar-refractivity contribution in [2.24, 2.45) is 0 Å². The number of carbonyl (C=O) groups excluding carboxylic acids is 2. The van der Waals surface area contributed by atoms with E-state index < -0.39 is 29.6 Å². The van der Waals surface area contributed by atoms with Crippen LogP contribution < -0.4 is 10.6 Å². The highest BCUT2D eigenvalue weighted by Crippen LogP contribution is 2.27. The third kappa shape index (κ3) is 7.21. The van der Waals surface area contributed by atoms with Crippen molar-refractivity contribution in [3.8, 4) is 22.3 Å². The number of fused-ring (bicyclic) bond motifs is 1. The van der Waals surface area contributed by atoms with Crippen LogP contribution in [0.5, 0.6) is 0 Å². The second-order valence-corrected chi connectivity index (χ2v) is 11.4. The van der Waals surface area contributed by atoms with E-state index in [9.17, 15) is 23.9 Å². The minimum absolute atomic E-state index is 0.00504. The predicted octanol–water partition coefficient (Wildman–Crippen LogP) is 8.64. The molecule has 6 nitrogen and oxygen atoms in total. The molecule has 0 bridgehead atoms. The van der Waals surface area contributed by atoms with E-state index in [1.54, 1.807) is 54.6 Å². The number of aliphatic carboxylic acids is 1. The summed E-state index contributed by atoms with van der Waals surface area (Å²) in [6, 6.07) is 37.9. The van der Waals surface area contributed by atoms with Crippen LogP contribution in [-0.4, -0.2) is 28.9 Å². The van der Waals surface area contributed by atoms with Gasteiger partial charge in [0.05, 0.1) is 16.3 Å². The fraction of sp³-hybridized carbons (Fsp3) is 0.0513. The lowest BCUT2D eigenvalue weighted by Gasteiger charge is -2.18. The number of amides is 2. The highest BCUT2D eigenvalue weighted by atomic mass is 35.5. The lowest BCUT2D eigenvalue weighted by atomic mass is 9.99. The van der Waals surface area contributed by atoms with Crippen molar-refractivity contribution in [1.82, 2.24) is 5.32 Å². The monoisotopic (exact) mass is 642 g/mol. The van der Waals surface area contributed by atoms with Gasteiger partial charge in [0.15, 0.2) is 0 Å². The number of hydrogen-bond donors (Lipinski definition) is 3. The van der Waals surface area contributed by atoms with Gasteiger partial charge in [0.1, 0.15) is 11.9 Å². The number of carboxylic acid groups (broad SMARTS) is 1. The predicted molar refractivity (Wildman–Crippen MR) is 183 cm³/mol. The van der Waals surface area contributed by atoms with Gasteiger partial charge in [-0.1, -0.05) is 109 Å². The third-order valence-corrected chi connectivity index (χ3v) is 8.17. The van der Waals surface area contributed by atoms with Crippen LogP contribution in [0.1, 0.15) is 26.3 Å². The largest absolute Gasteiger partial charge is 0.480 e. The molecule has 6 rings (SSSR count). The molecule has 1 unspecified atom stereocenters. The minimum atomic E-state index is -1.26. The molecule has 0 spiro atoms. The van der Waals surface area contributed by atoms with Gasteiger partial charge in [0, 0.05) is 12.0 Å². The molecule has 3 N–H and O–H groups in total. The van der Waals surface area contributed by atoms with E-state index in [0.717, 1.165) is 27.5 Å². The fourth-order valence-corrected chi connectivity index (χ4v) is 5.53. The molecule has 0 heterocycles. The topological polar surface area (TPSA) is 95.5 Å². The summed E-state index contributed by atoms with van der Waals surface area (Å²) in [7, 11) is 0. The van der Waals surface area contributed by atoms with Gasteiger partial charge in [0.2, 0.25) is 0 Å². The summed E-state index contributed by atoms with van der Waals surface area (Å²) in [5.41, 5.74) is 4.93. The highest BCUT2D eigenvalue weighted by molar-refractivity contribution is 6.31. The van der Waals surface area contributed by atoms with Gasteiger partial charge < -0.3 is 15.7 Å². The van der Waals surface area contributed by atoms with E-state index in [1.807, 2.05) is 66.7 Å². The van der Waals surface area contributed by atoms with Gasteiger partial charge >= 0.3 is 5.97 Å². The first-order valence-corrected chi connectivity index (χ1v) is 15.2. The highest BCUT2D eigenvalue weighted by Gasteiger charge is 2.24. The van der Waals surface area contributed by atoms with Gasteiger partial charge in [-0.2, -0.15) is 0 Å². The average Bonchev–Trinajstić information content (AvgIpc) is 3.09. The van der Waals surface area contributed by atoms with Crippen molar-refractivity contribution in [3.05, 3.63) is 161 Å². The maximum absolute atomic E-state index is 13.7. The molecule has 0 radical (unpaired) electrons. The smallest absolute Gasteiger partial charge is 0.326 e. The molecule has 0 saturated carbocycles. The number of anilines is 1. The summed E-state index contributed by atoms with van der Waals surface area (Å²) in [4.78, 5) is 39.3. The van der Waals surface area contributed by atoms with Crippen molar-refractivity contribution < 1.29 is 23.9 Å². The van der Waals surface area contributed by atoms with E-state index in [1.165, 1.54) is 12.1 Å². The molecule has 47 heavy (non-hydrogen) atoms. The Labute approximate surface area is 275 Å². The van der Waals surface area contributed by atoms with Crippen molar-refractivity contribution in [2.45, 2.75) is 12.5 Å². The Morgan fingerprint density at radius 2 is 1.23 bits per heavy atom. The zero-order chi connectivity index (χ0) is 32.9. The maximum Gasteiger partial charge on any atom is 0.326 e. The van der Waals surface area contributed by atoms with Crippen LogP contribution in [0.2, 0.25) is 5.02 Å². The number of nitrogens with one attached hydrogen (secondary N) is 2. The average molecular weight is 643 g/mol. The first-order valence-electron chi connectivity index (χ1n) is 14.8. The quantitative estimate of drug-likeness (QED) is 0.147. The minimum Gasteiger partial charge on any atom is -0.480 e. The van der Waals surface area contributed by atoms with E-state index in [-0.39, 0.29) is 22.7 Å². The number of carboxylic acids is 1. The second kappa shape index (κ2) is 13.7.